The Hall–Kier alpha value is -2.21. The number of hydrogen-bond donors (Lipinski definition) is 0. The van der Waals surface area contributed by atoms with Crippen LogP contribution < -0.4 is 4.74 Å². The summed E-state index contributed by atoms with van der Waals surface area (Å²) in [6, 6.07) is 10.5. The molecule has 2 rings (SSSR count). The number of aliphatic imine (C=N–C) groups is 1. The van der Waals surface area contributed by atoms with Gasteiger partial charge >= 0.3 is 0 Å². The van der Waals surface area contributed by atoms with Gasteiger partial charge in [0.25, 0.3) is 0 Å². The topological polar surface area (TPSA) is 55.7 Å². The zero-order valence-corrected chi connectivity index (χ0v) is 14.0. The van der Waals surface area contributed by atoms with E-state index in [0.29, 0.717) is 0 Å². The van der Waals surface area contributed by atoms with Gasteiger partial charge in [-0.1, -0.05) is 23.8 Å². The van der Waals surface area contributed by atoms with Crippen LogP contribution in [0, 0.1) is 12.7 Å². The van der Waals surface area contributed by atoms with Gasteiger partial charge in [0.15, 0.2) is 16.9 Å². The highest BCUT2D eigenvalue weighted by Gasteiger charge is 2.29. The summed E-state index contributed by atoms with van der Waals surface area (Å²) < 4.78 is 44.4. The highest BCUT2D eigenvalue weighted by molar-refractivity contribution is 7.91. The summed E-state index contributed by atoms with van der Waals surface area (Å²) in [5, 5.41) is -1.20. The average Bonchev–Trinajstić information content (AvgIpc) is 2.52. The van der Waals surface area contributed by atoms with E-state index in [-0.39, 0.29) is 16.2 Å². The van der Waals surface area contributed by atoms with E-state index in [4.69, 9.17) is 4.74 Å². The summed E-state index contributed by atoms with van der Waals surface area (Å²) in [6.45, 7) is 3.49. The van der Waals surface area contributed by atoms with Crippen LogP contribution >= 0.6 is 0 Å². The van der Waals surface area contributed by atoms with Gasteiger partial charge in [-0.2, -0.15) is 0 Å². The van der Waals surface area contributed by atoms with E-state index in [1.165, 1.54) is 37.6 Å². The molecule has 1 atom stereocenters. The minimum absolute atomic E-state index is 0.0562. The van der Waals surface area contributed by atoms with Crippen molar-refractivity contribution >= 4 is 16.1 Å². The van der Waals surface area contributed by atoms with Crippen molar-refractivity contribution in [2.75, 3.05) is 7.11 Å². The molecule has 0 aliphatic carbocycles. The molecule has 23 heavy (non-hydrogen) atoms. The molecular formula is C17H18FNO3S. The molecule has 0 radical (unpaired) electrons. The van der Waals surface area contributed by atoms with Crippen molar-refractivity contribution in [3.63, 3.8) is 0 Å². The van der Waals surface area contributed by atoms with Gasteiger partial charge in [-0.25, -0.2) is 12.8 Å². The van der Waals surface area contributed by atoms with Crippen molar-refractivity contribution in [2.24, 2.45) is 4.99 Å². The van der Waals surface area contributed by atoms with E-state index in [0.717, 1.165) is 11.6 Å². The van der Waals surface area contributed by atoms with Crippen LogP contribution in [0.1, 0.15) is 23.4 Å². The second kappa shape index (κ2) is 6.91. The molecule has 0 saturated heterocycles. The lowest BCUT2D eigenvalue weighted by atomic mass is 10.2. The molecule has 122 valence electrons. The predicted octanol–water partition coefficient (Wildman–Crippen LogP) is 3.71. The molecule has 4 nitrogen and oxygen atoms in total. The molecular weight excluding hydrogens is 317 g/mol. The van der Waals surface area contributed by atoms with Gasteiger partial charge in [0, 0.05) is 0 Å². The highest BCUT2D eigenvalue weighted by atomic mass is 32.2. The van der Waals surface area contributed by atoms with Crippen molar-refractivity contribution in [2.45, 2.75) is 24.1 Å². The Morgan fingerprint density at radius 1 is 1.17 bits per heavy atom. The third-order valence-electron chi connectivity index (χ3n) is 3.39. The maximum Gasteiger partial charge on any atom is 0.205 e. The molecule has 0 saturated carbocycles. The van der Waals surface area contributed by atoms with Gasteiger partial charge in [0.2, 0.25) is 9.84 Å². The van der Waals surface area contributed by atoms with E-state index >= 15 is 0 Å². The molecule has 0 aliphatic heterocycles. The molecule has 0 heterocycles. The second-order valence-electron chi connectivity index (χ2n) is 5.01. The van der Waals surface area contributed by atoms with Crippen LogP contribution in [0.15, 0.2) is 52.4 Å². The van der Waals surface area contributed by atoms with Crippen LogP contribution in [0.2, 0.25) is 0 Å². The fraction of sp³-hybridized carbons (Fsp3) is 0.235. The Balaban J connectivity index is 2.53. The zero-order chi connectivity index (χ0) is 17.0. The monoisotopic (exact) mass is 335 g/mol. The largest absolute Gasteiger partial charge is 0.494 e. The molecule has 1 unspecified atom stereocenters. The van der Waals surface area contributed by atoms with Crippen LogP contribution in [-0.4, -0.2) is 21.7 Å². The van der Waals surface area contributed by atoms with Gasteiger partial charge in [0.05, 0.1) is 12.0 Å². The maximum atomic E-state index is 13.9. The quantitative estimate of drug-likeness (QED) is 0.783. The third kappa shape index (κ3) is 3.59. The number of halogens is 1. The first-order chi connectivity index (χ1) is 10.9. The van der Waals surface area contributed by atoms with Crippen LogP contribution in [0.4, 0.5) is 4.39 Å². The molecule has 6 heteroatoms. The Bertz CT molecular complexity index is 814. The smallest absolute Gasteiger partial charge is 0.205 e. The van der Waals surface area contributed by atoms with E-state index in [1.54, 1.807) is 19.1 Å². The van der Waals surface area contributed by atoms with Crippen molar-refractivity contribution < 1.29 is 17.5 Å². The Labute approximate surface area is 135 Å². The Kier molecular flexibility index (Phi) is 5.15. The van der Waals surface area contributed by atoms with E-state index in [1.807, 2.05) is 6.92 Å². The summed E-state index contributed by atoms with van der Waals surface area (Å²) in [5.41, 5.74) is 1.21. The standard InChI is InChI=1S/C17H18FNO3S/c1-4-19-17(13-7-10-16(22-3)15(18)11-13)23(20,21)14-8-5-12(2)6-9-14/h4-11,17H,1-3H3. The maximum absolute atomic E-state index is 13.9. The number of sulfone groups is 1. The summed E-state index contributed by atoms with van der Waals surface area (Å²) in [4.78, 5) is 4.19. The summed E-state index contributed by atoms with van der Waals surface area (Å²) in [5.74, 6) is -0.568. The number of rotatable bonds is 5. The van der Waals surface area contributed by atoms with Crippen molar-refractivity contribution in [3.8, 4) is 5.75 Å². The average molecular weight is 335 g/mol. The number of methoxy groups -OCH3 is 1. The van der Waals surface area contributed by atoms with Crippen molar-refractivity contribution in [1.82, 2.24) is 0 Å². The van der Waals surface area contributed by atoms with E-state index in [9.17, 15) is 12.8 Å². The highest BCUT2D eigenvalue weighted by Crippen LogP contribution is 2.32. The number of aryl methyl sites for hydroxylation is 1. The minimum Gasteiger partial charge on any atom is -0.494 e. The first kappa shape index (κ1) is 17.1. The predicted molar refractivity (Wildman–Crippen MR) is 88.2 cm³/mol. The Morgan fingerprint density at radius 2 is 1.83 bits per heavy atom. The van der Waals surface area contributed by atoms with Gasteiger partial charge in [-0.15, -0.1) is 0 Å². The number of nitrogens with zero attached hydrogens (tertiary/aromatic N) is 1. The zero-order valence-electron chi connectivity index (χ0n) is 13.2. The van der Waals surface area contributed by atoms with E-state index in [2.05, 4.69) is 4.99 Å². The summed E-state index contributed by atoms with van der Waals surface area (Å²) >= 11 is 0. The molecule has 0 amide bonds. The van der Waals surface area contributed by atoms with Crippen LogP contribution in [0.25, 0.3) is 0 Å². The van der Waals surface area contributed by atoms with Crippen molar-refractivity contribution in [3.05, 3.63) is 59.4 Å². The van der Waals surface area contributed by atoms with Gasteiger partial charge < -0.3 is 4.74 Å². The second-order valence-corrected chi connectivity index (χ2v) is 7.02. The lowest BCUT2D eigenvalue weighted by Gasteiger charge is -2.15. The molecule has 0 fully saturated rings. The molecule has 0 aliphatic rings. The number of ether oxygens (including phenoxy) is 1. The fourth-order valence-corrected chi connectivity index (χ4v) is 3.73. The Morgan fingerprint density at radius 3 is 2.35 bits per heavy atom. The van der Waals surface area contributed by atoms with Crippen LogP contribution in [0.3, 0.4) is 0 Å². The summed E-state index contributed by atoms with van der Waals surface area (Å²) in [7, 11) is -2.42. The van der Waals surface area contributed by atoms with Crippen molar-refractivity contribution in [1.29, 1.82) is 0 Å². The molecule has 2 aromatic rings. The van der Waals surface area contributed by atoms with Crippen LogP contribution in [-0.2, 0) is 9.84 Å². The normalized spacial score (nSPS) is 13.2. The minimum atomic E-state index is -3.77. The van der Waals surface area contributed by atoms with Gasteiger partial charge in [-0.05, 0) is 49.9 Å². The fourth-order valence-electron chi connectivity index (χ4n) is 2.17. The molecule has 0 bridgehead atoms. The SMILES string of the molecule is CC=NC(c1ccc(OC)c(F)c1)S(=O)(=O)c1ccc(C)cc1. The van der Waals surface area contributed by atoms with Crippen LogP contribution in [0.5, 0.6) is 5.75 Å². The molecule has 0 aromatic heterocycles. The number of hydrogen-bond acceptors (Lipinski definition) is 4. The van der Waals surface area contributed by atoms with E-state index < -0.39 is 21.0 Å². The van der Waals surface area contributed by atoms with Gasteiger partial charge in [-0.3, -0.25) is 4.99 Å². The number of benzene rings is 2. The molecule has 2 aromatic carbocycles. The lowest BCUT2D eigenvalue weighted by molar-refractivity contribution is 0.386. The molecule has 0 spiro atoms. The lowest BCUT2D eigenvalue weighted by Crippen LogP contribution is -2.12. The summed E-state index contributed by atoms with van der Waals surface area (Å²) in [6.07, 6.45) is 1.40. The molecule has 0 N–H and O–H groups in total. The van der Waals surface area contributed by atoms with Gasteiger partial charge in [0.1, 0.15) is 0 Å². The third-order valence-corrected chi connectivity index (χ3v) is 5.30. The first-order valence-electron chi connectivity index (χ1n) is 7.02. The first-order valence-corrected chi connectivity index (χ1v) is 8.56.